The maximum absolute atomic E-state index is 2.68. The SMILES string of the molecule is CCC(C)CN1CCC(CCC(C)C)CC1. The number of hydrogen-bond acceptors (Lipinski definition) is 1. The van der Waals surface area contributed by atoms with Gasteiger partial charge in [-0.25, -0.2) is 0 Å². The molecule has 0 saturated carbocycles. The van der Waals surface area contributed by atoms with E-state index in [2.05, 4.69) is 32.6 Å². The average molecular weight is 225 g/mol. The first kappa shape index (κ1) is 14.0. The molecular formula is C15H31N. The van der Waals surface area contributed by atoms with E-state index in [1.165, 1.54) is 51.7 Å². The van der Waals surface area contributed by atoms with Crippen molar-refractivity contribution in [2.24, 2.45) is 17.8 Å². The standard InChI is InChI=1S/C15H31N/c1-5-14(4)12-16-10-8-15(9-11-16)7-6-13(2)3/h13-15H,5-12H2,1-4H3. The van der Waals surface area contributed by atoms with Crippen LogP contribution in [0.4, 0.5) is 0 Å². The van der Waals surface area contributed by atoms with Gasteiger partial charge < -0.3 is 4.90 Å². The molecule has 1 rings (SSSR count). The first-order chi connectivity index (χ1) is 7.61. The van der Waals surface area contributed by atoms with Gasteiger partial charge in [-0.05, 0) is 43.7 Å². The van der Waals surface area contributed by atoms with Crippen LogP contribution in [-0.4, -0.2) is 24.5 Å². The smallest absolute Gasteiger partial charge is 0.000692 e. The zero-order valence-electron chi connectivity index (χ0n) is 11.8. The van der Waals surface area contributed by atoms with Gasteiger partial charge in [-0.15, -0.1) is 0 Å². The lowest BCUT2D eigenvalue weighted by atomic mass is 9.89. The molecule has 0 radical (unpaired) electrons. The van der Waals surface area contributed by atoms with Crippen LogP contribution in [0.2, 0.25) is 0 Å². The van der Waals surface area contributed by atoms with E-state index in [0.717, 1.165) is 17.8 Å². The van der Waals surface area contributed by atoms with E-state index in [9.17, 15) is 0 Å². The summed E-state index contributed by atoms with van der Waals surface area (Å²) in [6.07, 6.45) is 7.12. The second-order valence-corrected chi connectivity index (χ2v) is 6.23. The van der Waals surface area contributed by atoms with Crippen LogP contribution in [0.5, 0.6) is 0 Å². The summed E-state index contributed by atoms with van der Waals surface area (Å²) in [5.41, 5.74) is 0. The van der Waals surface area contributed by atoms with Gasteiger partial charge in [0.1, 0.15) is 0 Å². The Hall–Kier alpha value is -0.0400. The van der Waals surface area contributed by atoms with Gasteiger partial charge in [0, 0.05) is 6.54 Å². The summed E-state index contributed by atoms with van der Waals surface area (Å²) in [5, 5.41) is 0. The third-order valence-electron chi connectivity index (χ3n) is 4.13. The Labute approximate surface area is 103 Å². The monoisotopic (exact) mass is 225 g/mol. The maximum atomic E-state index is 2.68. The molecule has 1 atom stereocenters. The molecule has 16 heavy (non-hydrogen) atoms. The molecule has 1 heterocycles. The Bertz CT molecular complexity index is 168. The fourth-order valence-corrected chi connectivity index (χ4v) is 2.60. The molecule has 0 N–H and O–H groups in total. The number of piperidine rings is 1. The fourth-order valence-electron chi connectivity index (χ4n) is 2.60. The molecule has 0 spiro atoms. The van der Waals surface area contributed by atoms with Gasteiger partial charge >= 0.3 is 0 Å². The summed E-state index contributed by atoms with van der Waals surface area (Å²) < 4.78 is 0. The molecule has 0 aliphatic carbocycles. The first-order valence-corrected chi connectivity index (χ1v) is 7.34. The Kier molecular flexibility index (Phi) is 6.41. The van der Waals surface area contributed by atoms with Crippen LogP contribution in [0.3, 0.4) is 0 Å². The van der Waals surface area contributed by atoms with Crippen LogP contribution in [0.15, 0.2) is 0 Å². The van der Waals surface area contributed by atoms with E-state index < -0.39 is 0 Å². The highest BCUT2D eigenvalue weighted by molar-refractivity contribution is 4.73. The summed E-state index contributed by atoms with van der Waals surface area (Å²) in [5.74, 6) is 2.79. The van der Waals surface area contributed by atoms with Gasteiger partial charge in [-0.2, -0.15) is 0 Å². The molecule has 1 unspecified atom stereocenters. The largest absolute Gasteiger partial charge is 0.303 e. The molecule has 0 aromatic carbocycles. The summed E-state index contributed by atoms with van der Waals surface area (Å²) >= 11 is 0. The van der Waals surface area contributed by atoms with Crippen molar-refractivity contribution in [2.75, 3.05) is 19.6 Å². The van der Waals surface area contributed by atoms with Gasteiger partial charge in [0.2, 0.25) is 0 Å². The maximum Gasteiger partial charge on any atom is 0.000692 e. The van der Waals surface area contributed by atoms with Gasteiger partial charge in [0.15, 0.2) is 0 Å². The second-order valence-electron chi connectivity index (χ2n) is 6.23. The van der Waals surface area contributed by atoms with E-state index >= 15 is 0 Å². The zero-order valence-corrected chi connectivity index (χ0v) is 11.8. The minimum Gasteiger partial charge on any atom is -0.303 e. The van der Waals surface area contributed by atoms with Crippen LogP contribution in [0.1, 0.15) is 59.8 Å². The van der Waals surface area contributed by atoms with E-state index in [1.54, 1.807) is 0 Å². The minimum absolute atomic E-state index is 0.882. The first-order valence-electron chi connectivity index (χ1n) is 7.34. The lowest BCUT2D eigenvalue weighted by Crippen LogP contribution is -2.36. The normalized spacial score (nSPS) is 21.6. The molecule has 1 heteroatoms. The van der Waals surface area contributed by atoms with Crippen LogP contribution in [0, 0.1) is 17.8 Å². The van der Waals surface area contributed by atoms with Crippen LogP contribution >= 0.6 is 0 Å². The van der Waals surface area contributed by atoms with Crippen LogP contribution < -0.4 is 0 Å². The van der Waals surface area contributed by atoms with E-state index in [-0.39, 0.29) is 0 Å². The third-order valence-corrected chi connectivity index (χ3v) is 4.13. The summed E-state index contributed by atoms with van der Waals surface area (Å²) in [6.45, 7) is 13.4. The second kappa shape index (κ2) is 7.32. The Morgan fingerprint density at radius 3 is 2.25 bits per heavy atom. The van der Waals surface area contributed by atoms with Crippen LogP contribution in [-0.2, 0) is 0 Å². The van der Waals surface area contributed by atoms with Crippen molar-refractivity contribution in [1.82, 2.24) is 4.90 Å². The van der Waals surface area contributed by atoms with Gasteiger partial charge in [-0.1, -0.05) is 47.0 Å². The number of nitrogens with zero attached hydrogens (tertiary/aromatic N) is 1. The zero-order chi connectivity index (χ0) is 12.0. The summed E-state index contributed by atoms with van der Waals surface area (Å²) in [7, 11) is 0. The van der Waals surface area contributed by atoms with Gasteiger partial charge in [-0.3, -0.25) is 0 Å². The number of hydrogen-bond donors (Lipinski definition) is 0. The van der Waals surface area contributed by atoms with Crippen molar-refractivity contribution in [3.63, 3.8) is 0 Å². The molecule has 0 amide bonds. The van der Waals surface area contributed by atoms with E-state index in [4.69, 9.17) is 0 Å². The van der Waals surface area contributed by atoms with Crippen molar-refractivity contribution >= 4 is 0 Å². The van der Waals surface area contributed by atoms with Crippen molar-refractivity contribution in [1.29, 1.82) is 0 Å². The molecular weight excluding hydrogens is 194 g/mol. The predicted molar refractivity (Wildman–Crippen MR) is 72.7 cm³/mol. The number of likely N-dealkylation sites (tertiary alicyclic amines) is 1. The van der Waals surface area contributed by atoms with E-state index in [1.807, 2.05) is 0 Å². The van der Waals surface area contributed by atoms with Gasteiger partial charge in [0.25, 0.3) is 0 Å². The molecule has 0 bridgehead atoms. The van der Waals surface area contributed by atoms with Crippen molar-refractivity contribution in [3.8, 4) is 0 Å². The molecule has 1 fully saturated rings. The van der Waals surface area contributed by atoms with Crippen LogP contribution in [0.25, 0.3) is 0 Å². The molecule has 0 aromatic heterocycles. The lowest BCUT2D eigenvalue weighted by Gasteiger charge is -2.33. The Morgan fingerprint density at radius 1 is 1.12 bits per heavy atom. The molecule has 1 nitrogen and oxygen atoms in total. The van der Waals surface area contributed by atoms with E-state index in [0.29, 0.717) is 0 Å². The number of rotatable bonds is 6. The molecule has 1 saturated heterocycles. The van der Waals surface area contributed by atoms with Crippen molar-refractivity contribution in [3.05, 3.63) is 0 Å². The van der Waals surface area contributed by atoms with Gasteiger partial charge in [0.05, 0.1) is 0 Å². The molecule has 1 aliphatic rings. The lowest BCUT2D eigenvalue weighted by molar-refractivity contribution is 0.155. The average Bonchev–Trinajstić information content (AvgIpc) is 2.28. The minimum atomic E-state index is 0.882. The third kappa shape index (κ3) is 5.34. The fraction of sp³-hybridized carbons (Fsp3) is 1.00. The predicted octanol–water partition coefficient (Wildman–Crippen LogP) is 4.18. The Balaban J connectivity index is 2.13. The van der Waals surface area contributed by atoms with Crippen molar-refractivity contribution in [2.45, 2.75) is 59.8 Å². The topological polar surface area (TPSA) is 3.24 Å². The Morgan fingerprint density at radius 2 is 1.75 bits per heavy atom. The highest BCUT2D eigenvalue weighted by Gasteiger charge is 2.19. The molecule has 0 aromatic rings. The summed E-state index contributed by atoms with van der Waals surface area (Å²) in [6, 6.07) is 0. The summed E-state index contributed by atoms with van der Waals surface area (Å²) in [4.78, 5) is 2.68. The quantitative estimate of drug-likeness (QED) is 0.655. The molecule has 1 aliphatic heterocycles. The highest BCUT2D eigenvalue weighted by Crippen LogP contribution is 2.24. The molecule has 96 valence electrons. The van der Waals surface area contributed by atoms with Crippen molar-refractivity contribution < 1.29 is 0 Å². The highest BCUT2D eigenvalue weighted by atomic mass is 15.1.